The second-order valence-corrected chi connectivity index (χ2v) is 87.8. The summed E-state index contributed by atoms with van der Waals surface area (Å²) < 4.78 is 0. The van der Waals surface area contributed by atoms with Crippen LogP contribution in [0.4, 0.5) is 0 Å². The average molecular weight is 2820 g/mol. The van der Waals surface area contributed by atoms with E-state index in [1.165, 1.54) is 92.4 Å². The molecule has 16 rings (SSSR count). The number of aromatic nitrogens is 8. The molecule has 8 heterocycles. The molecule has 0 saturated carbocycles. The number of hydrogen-bond acceptors (Lipinski definition) is 8. The molecule has 0 aliphatic carbocycles. The van der Waals surface area contributed by atoms with Crippen LogP contribution in [-0.4, -0.2) is 104 Å². The van der Waals surface area contributed by atoms with E-state index in [4.69, 9.17) is 19.9 Å². The standard InChI is InChI=1S/C19H26NSi.3C18H24NSi.4C14H16NSi.4Ir/c1-14(2)11-17-12-18(16-9-7-15(3)8-10-16)20-13-19(17)21(4,5)6;2*1-13(2)16-11-17(15-9-7-14(3)8-10-15)19-12-18(16)20(4,5)6;1-6-7-16-12-17(15-10-8-14(2)9-11-15)19-13-18(16)20(3,4)5;4*1-16(2,3)13-9-10-14(15-11-13)12-7-5-4-6-8-12;;;;/h7-9,12-14H,11H2,1-6H3;2*7-9,11-13H,1-6H3;8-10,12-13H,6-7H2,1-5H3;4*4-7,9-11H,1-3H3;;;;/q8*-1;;;;. The Labute approximate surface area is 962 Å². The fourth-order valence-electron chi connectivity index (χ4n) is 16.0. The Morgan fingerprint density at radius 1 is 0.228 bits per heavy atom. The summed E-state index contributed by atoms with van der Waals surface area (Å²) >= 11 is 0. The van der Waals surface area contributed by atoms with Crippen LogP contribution in [0.5, 0.6) is 0 Å². The van der Waals surface area contributed by atoms with Crippen molar-refractivity contribution in [1.29, 1.82) is 0 Å². The number of hydrogen-bond donors (Lipinski definition) is 0. The molecular weight excluding hydrogens is 2660 g/mol. The average Bonchev–Trinajstić information content (AvgIpc) is 0.803. The monoisotopic (exact) mass is 2820 g/mol. The van der Waals surface area contributed by atoms with Crippen LogP contribution in [0.15, 0.2) is 292 Å². The van der Waals surface area contributed by atoms with Gasteiger partial charge >= 0.3 is 0 Å². The van der Waals surface area contributed by atoms with Crippen LogP contribution in [0.25, 0.3) is 90.1 Å². The molecule has 20 heteroatoms. The van der Waals surface area contributed by atoms with Gasteiger partial charge in [0.05, 0.1) is 64.6 Å². The number of aryl methyl sites for hydroxylation is 5. The Morgan fingerprint density at radius 2 is 0.450 bits per heavy atom. The largest absolute Gasteiger partial charge is 0.305 e. The zero-order chi connectivity index (χ0) is 107. The van der Waals surface area contributed by atoms with E-state index in [-0.39, 0.29) is 80.4 Å². The van der Waals surface area contributed by atoms with Gasteiger partial charge in [-0.1, -0.05) is 335 Å². The first-order valence-corrected chi connectivity index (χ1v) is 79.7. The van der Waals surface area contributed by atoms with Crippen molar-refractivity contribution in [3.05, 3.63) is 385 Å². The summed E-state index contributed by atoms with van der Waals surface area (Å²) in [6.07, 6.45) is 19.9. The molecule has 4 radical (unpaired) electrons. The summed E-state index contributed by atoms with van der Waals surface area (Å²) in [7, 11) is -10.3. The first kappa shape index (κ1) is 131. The molecule has 0 unspecified atom stereocenters. The molecule has 0 aliphatic rings. The van der Waals surface area contributed by atoms with Crippen molar-refractivity contribution in [3.63, 3.8) is 0 Å². The van der Waals surface area contributed by atoms with E-state index in [0.717, 1.165) is 103 Å². The Hall–Kier alpha value is -8.71. The predicted molar refractivity (Wildman–Crippen MR) is 652 cm³/mol. The Bertz CT molecular complexity index is 6170. The SMILES string of the molecule is CCCc1cc(-c2[c-]cc(C)cc2)ncc1[Si](C)(C)C.C[Si](C)(C)c1ccc(-c2[c-]cccc2)nc1.C[Si](C)(C)c1ccc(-c2[c-]cccc2)nc1.C[Si](C)(C)c1ccc(-c2[c-]cccc2)nc1.C[Si](C)(C)c1ccc(-c2[c-]cccc2)nc1.Cc1c[c-]c(-c2cc(C(C)C)c([Si](C)(C)C)cn2)cc1.Cc1c[c-]c(-c2cc(C(C)C)c([Si](C)(C)C)cn2)cc1.Cc1c[c-]c(-c2cc(CC(C)C)c([Si](C)(C)C)cn2)cc1.[Ir].[Ir].[Ir].[Ir]. The number of rotatable bonds is 22. The minimum Gasteiger partial charge on any atom is -0.305 e. The molecule has 149 heavy (non-hydrogen) atoms. The number of pyridine rings is 8. The van der Waals surface area contributed by atoms with Gasteiger partial charge in [0.1, 0.15) is 0 Å². The topological polar surface area (TPSA) is 103 Å². The molecule has 0 N–H and O–H groups in total. The van der Waals surface area contributed by atoms with Gasteiger partial charge in [0.2, 0.25) is 0 Å². The van der Waals surface area contributed by atoms with Gasteiger partial charge in [0.25, 0.3) is 0 Å². The molecule has 0 bridgehead atoms. The molecule has 8 nitrogen and oxygen atoms in total. The third-order valence-electron chi connectivity index (χ3n) is 24.9. The van der Waals surface area contributed by atoms with Gasteiger partial charge in [-0.3, -0.25) is 0 Å². The molecule has 794 valence electrons. The molecule has 0 fully saturated rings. The van der Waals surface area contributed by atoms with Gasteiger partial charge in [0, 0.05) is 130 Å². The molecule has 0 saturated heterocycles. The Balaban J connectivity index is 0.000000299. The number of benzene rings is 8. The second kappa shape index (κ2) is 59.7. The predicted octanol–water partition coefficient (Wildman–Crippen LogP) is 30.4. The van der Waals surface area contributed by atoms with Crippen molar-refractivity contribution in [2.75, 3.05) is 0 Å². The molecule has 0 atom stereocenters. The minimum atomic E-state index is -1.35. The Kier molecular flexibility index (Phi) is 52.4. The van der Waals surface area contributed by atoms with Crippen LogP contribution in [-0.2, 0) is 93.3 Å². The van der Waals surface area contributed by atoms with Crippen molar-refractivity contribution < 1.29 is 80.4 Å². The van der Waals surface area contributed by atoms with Crippen LogP contribution >= 0.6 is 0 Å². The van der Waals surface area contributed by atoms with Gasteiger partial charge in [-0.25, -0.2) is 0 Å². The molecule has 8 aromatic carbocycles. The van der Waals surface area contributed by atoms with Crippen LogP contribution in [0, 0.1) is 82.1 Å². The van der Waals surface area contributed by atoms with Crippen molar-refractivity contribution in [3.8, 4) is 90.1 Å². The summed E-state index contributed by atoms with van der Waals surface area (Å²) in [4.78, 5) is 36.9. The summed E-state index contributed by atoms with van der Waals surface area (Å²) in [5.41, 5.74) is 27.6. The van der Waals surface area contributed by atoms with Gasteiger partial charge < -0.3 is 39.9 Å². The second-order valence-electron chi connectivity index (χ2n) is 47.4. The molecule has 8 aromatic heterocycles. The fourth-order valence-corrected chi connectivity index (χ4v) is 26.7. The first-order valence-electron chi connectivity index (χ1n) is 51.7. The molecule has 16 aromatic rings. The van der Waals surface area contributed by atoms with Gasteiger partial charge in [-0.05, 0) is 118 Å². The van der Waals surface area contributed by atoms with Crippen molar-refractivity contribution in [2.45, 2.75) is 264 Å². The molecular formula is C129H162Ir4N8Si8-8. The zero-order valence-electron chi connectivity index (χ0n) is 95.5. The van der Waals surface area contributed by atoms with Crippen LogP contribution < -0.4 is 41.5 Å². The minimum absolute atomic E-state index is 0. The maximum absolute atomic E-state index is 4.72. The number of nitrogens with zero attached hydrogens (tertiary/aromatic N) is 8. The zero-order valence-corrected chi connectivity index (χ0v) is 113. The van der Waals surface area contributed by atoms with E-state index in [0.29, 0.717) is 17.8 Å². The van der Waals surface area contributed by atoms with E-state index in [1.54, 1.807) is 0 Å². The van der Waals surface area contributed by atoms with Crippen molar-refractivity contribution in [1.82, 2.24) is 39.9 Å². The normalized spacial score (nSPS) is 11.4. The van der Waals surface area contributed by atoms with E-state index < -0.39 is 64.6 Å². The molecule has 0 amide bonds. The van der Waals surface area contributed by atoms with Gasteiger partial charge in [0.15, 0.2) is 0 Å². The van der Waals surface area contributed by atoms with Gasteiger partial charge in [-0.15, -0.1) is 285 Å². The third kappa shape index (κ3) is 41.9. The quantitative estimate of drug-likeness (QED) is 0.0488. The summed E-state index contributed by atoms with van der Waals surface area (Å²) in [5, 5.41) is 11.5. The van der Waals surface area contributed by atoms with Crippen LogP contribution in [0.2, 0.25) is 157 Å². The van der Waals surface area contributed by atoms with E-state index in [1.807, 2.05) is 146 Å². The molecule has 0 spiro atoms. The maximum atomic E-state index is 4.72. The van der Waals surface area contributed by atoms with Gasteiger partial charge in [-0.2, -0.15) is 0 Å². The summed E-state index contributed by atoms with van der Waals surface area (Å²) in [6, 6.07) is 109. The smallest absolute Gasteiger partial charge is 0.0799 e. The van der Waals surface area contributed by atoms with E-state index in [9.17, 15) is 0 Å². The van der Waals surface area contributed by atoms with Crippen LogP contribution in [0.1, 0.15) is 111 Å². The summed E-state index contributed by atoms with van der Waals surface area (Å²) in [6.45, 7) is 80.8. The van der Waals surface area contributed by atoms with Crippen molar-refractivity contribution >= 4 is 106 Å². The summed E-state index contributed by atoms with van der Waals surface area (Å²) in [5.74, 6) is 1.73. The first-order chi connectivity index (χ1) is 68.0. The van der Waals surface area contributed by atoms with E-state index >= 15 is 0 Å². The van der Waals surface area contributed by atoms with Crippen molar-refractivity contribution in [2.24, 2.45) is 5.92 Å². The van der Waals surface area contributed by atoms with E-state index in [2.05, 4.69) is 448 Å². The van der Waals surface area contributed by atoms with Crippen LogP contribution in [0.3, 0.4) is 0 Å². The maximum Gasteiger partial charge on any atom is 0.0799 e. The third-order valence-corrected chi connectivity index (χ3v) is 41.2. The Morgan fingerprint density at radius 3 is 0.638 bits per heavy atom. The fraction of sp³-hybridized carbons (Fsp3) is 0.318. The molecule has 0 aliphatic heterocycles.